The number of fused-ring (bicyclic) bond motifs is 3. The summed E-state index contributed by atoms with van der Waals surface area (Å²) in [6.45, 7) is 1.61. The molecule has 0 saturated heterocycles. The van der Waals surface area contributed by atoms with Gasteiger partial charge in [0.1, 0.15) is 5.75 Å². The Morgan fingerprint density at radius 1 is 1.26 bits per heavy atom. The second-order valence-corrected chi connectivity index (χ2v) is 6.15. The Hall–Kier alpha value is -2.33. The molecule has 2 heterocycles. The van der Waals surface area contributed by atoms with Crippen molar-refractivity contribution in [3.8, 4) is 5.75 Å². The second kappa shape index (κ2) is 6.05. The van der Waals surface area contributed by atoms with E-state index in [9.17, 15) is 0 Å². The van der Waals surface area contributed by atoms with E-state index < -0.39 is 0 Å². The molecule has 23 heavy (non-hydrogen) atoms. The molecule has 1 atom stereocenters. The number of aromatic nitrogens is 2. The van der Waals surface area contributed by atoms with Gasteiger partial charge in [-0.15, -0.1) is 0 Å². The molecular formula is C19H21N3O. The zero-order valence-electron chi connectivity index (χ0n) is 13.3. The molecule has 4 heteroatoms. The molecule has 0 aliphatic carbocycles. The molecule has 4 nitrogen and oxygen atoms in total. The third-order valence-electron chi connectivity index (χ3n) is 4.48. The number of aryl methyl sites for hydroxylation is 1. The van der Waals surface area contributed by atoms with Crippen LogP contribution in [0.15, 0.2) is 48.8 Å². The number of nitrogens with zero attached hydrogens (tertiary/aromatic N) is 2. The molecule has 0 bridgehead atoms. The molecule has 0 unspecified atom stereocenters. The largest absolute Gasteiger partial charge is 0.493 e. The van der Waals surface area contributed by atoms with E-state index in [0.29, 0.717) is 6.04 Å². The van der Waals surface area contributed by atoms with Gasteiger partial charge >= 0.3 is 0 Å². The lowest BCUT2D eigenvalue weighted by molar-refractivity contribution is 0.318. The second-order valence-electron chi connectivity index (χ2n) is 6.15. The molecule has 0 saturated carbocycles. The molecular weight excluding hydrogens is 286 g/mol. The van der Waals surface area contributed by atoms with Gasteiger partial charge in [-0.2, -0.15) is 5.10 Å². The summed E-state index contributed by atoms with van der Waals surface area (Å²) in [5.41, 5.74) is 2.48. The van der Waals surface area contributed by atoms with Crippen molar-refractivity contribution < 1.29 is 4.74 Å². The van der Waals surface area contributed by atoms with Gasteiger partial charge in [-0.25, -0.2) is 0 Å². The molecule has 1 N–H and O–H groups in total. The lowest BCUT2D eigenvalue weighted by Crippen LogP contribution is -2.20. The first-order chi connectivity index (χ1) is 11.3. The number of benzene rings is 2. The zero-order chi connectivity index (χ0) is 15.6. The van der Waals surface area contributed by atoms with Crippen molar-refractivity contribution in [3.63, 3.8) is 0 Å². The lowest BCUT2D eigenvalue weighted by atomic mass is 9.98. The van der Waals surface area contributed by atoms with Gasteiger partial charge in [0, 0.05) is 42.3 Å². The van der Waals surface area contributed by atoms with Crippen LogP contribution in [0, 0.1) is 0 Å². The predicted molar refractivity (Wildman–Crippen MR) is 91.5 cm³/mol. The van der Waals surface area contributed by atoms with E-state index in [1.165, 1.54) is 21.9 Å². The SMILES string of the molecule is Cn1cc(CN[C@H]2CCCOc3c2ccc2ccccc32)cn1. The Morgan fingerprint density at radius 2 is 2.17 bits per heavy atom. The summed E-state index contributed by atoms with van der Waals surface area (Å²) in [6, 6.07) is 13.2. The van der Waals surface area contributed by atoms with Gasteiger partial charge in [0.05, 0.1) is 12.8 Å². The maximum atomic E-state index is 6.09. The van der Waals surface area contributed by atoms with Crippen molar-refractivity contribution in [1.82, 2.24) is 15.1 Å². The average Bonchev–Trinajstić information content (AvgIpc) is 2.88. The standard InChI is InChI=1S/C19H21N3O/c1-22-13-14(12-21-22)11-20-18-7-4-10-23-19-16-6-3-2-5-15(16)8-9-17(18)19/h2-3,5-6,8-9,12-13,18,20H,4,7,10-11H2,1H3/t18-/m0/s1. The maximum Gasteiger partial charge on any atom is 0.131 e. The summed E-state index contributed by atoms with van der Waals surface area (Å²) >= 11 is 0. The molecule has 0 amide bonds. The third kappa shape index (κ3) is 2.82. The Labute approximate surface area is 136 Å². The topological polar surface area (TPSA) is 39.1 Å². The Kier molecular flexibility index (Phi) is 3.75. The number of nitrogens with one attached hydrogen (secondary N) is 1. The van der Waals surface area contributed by atoms with Crippen molar-refractivity contribution in [1.29, 1.82) is 0 Å². The normalized spacial score (nSPS) is 17.5. The van der Waals surface area contributed by atoms with E-state index in [1.54, 1.807) is 0 Å². The maximum absolute atomic E-state index is 6.09. The summed E-state index contributed by atoms with van der Waals surface area (Å²) in [4.78, 5) is 0. The fourth-order valence-corrected chi connectivity index (χ4v) is 3.33. The van der Waals surface area contributed by atoms with E-state index in [2.05, 4.69) is 53.0 Å². The van der Waals surface area contributed by atoms with Crippen LogP contribution in [0.4, 0.5) is 0 Å². The van der Waals surface area contributed by atoms with E-state index in [-0.39, 0.29) is 0 Å². The fraction of sp³-hybridized carbons (Fsp3) is 0.316. The smallest absolute Gasteiger partial charge is 0.131 e. The molecule has 4 rings (SSSR count). The van der Waals surface area contributed by atoms with Gasteiger partial charge in [0.2, 0.25) is 0 Å². The first-order valence-corrected chi connectivity index (χ1v) is 8.16. The third-order valence-corrected chi connectivity index (χ3v) is 4.48. The van der Waals surface area contributed by atoms with E-state index >= 15 is 0 Å². The van der Waals surface area contributed by atoms with Crippen LogP contribution >= 0.6 is 0 Å². The molecule has 0 spiro atoms. The molecule has 1 aromatic heterocycles. The highest BCUT2D eigenvalue weighted by Gasteiger charge is 2.21. The van der Waals surface area contributed by atoms with Crippen LogP contribution in [0.3, 0.4) is 0 Å². The summed E-state index contributed by atoms with van der Waals surface area (Å²) in [7, 11) is 1.95. The van der Waals surface area contributed by atoms with Gasteiger partial charge in [-0.3, -0.25) is 4.68 Å². The number of hydrogen-bond donors (Lipinski definition) is 1. The highest BCUT2D eigenvalue weighted by Crippen LogP contribution is 2.37. The first-order valence-electron chi connectivity index (χ1n) is 8.16. The summed E-state index contributed by atoms with van der Waals surface area (Å²) in [5.74, 6) is 1.05. The van der Waals surface area contributed by atoms with Crippen molar-refractivity contribution in [2.45, 2.75) is 25.4 Å². The van der Waals surface area contributed by atoms with Crippen LogP contribution in [0.5, 0.6) is 5.75 Å². The highest BCUT2D eigenvalue weighted by molar-refractivity contribution is 5.89. The minimum absolute atomic E-state index is 0.317. The van der Waals surface area contributed by atoms with Crippen molar-refractivity contribution in [3.05, 3.63) is 59.9 Å². The number of rotatable bonds is 3. The summed E-state index contributed by atoms with van der Waals surface area (Å²) in [6.07, 6.45) is 6.13. The van der Waals surface area contributed by atoms with E-state index in [4.69, 9.17) is 4.74 Å². The average molecular weight is 307 g/mol. The van der Waals surface area contributed by atoms with Gasteiger partial charge < -0.3 is 10.1 Å². The van der Waals surface area contributed by atoms with Gasteiger partial charge in [0.15, 0.2) is 0 Å². The van der Waals surface area contributed by atoms with Crippen LogP contribution in [-0.2, 0) is 13.6 Å². The molecule has 0 radical (unpaired) electrons. The molecule has 0 fully saturated rings. The summed E-state index contributed by atoms with van der Waals surface area (Å²) in [5, 5.41) is 10.4. The van der Waals surface area contributed by atoms with Gasteiger partial charge in [-0.05, 0) is 18.2 Å². The van der Waals surface area contributed by atoms with Gasteiger partial charge in [0.25, 0.3) is 0 Å². The molecule has 1 aliphatic heterocycles. The lowest BCUT2D eigenvalue weighted by Gasteiger charge is -2.19. The molecule has 3 aromatic rings. The fourth-order valence-electron chi connectivity index (χ4n) is 3.33. The van der Waals surface area contributed by atoms with Crippen LogP contribution in [-0.4, -0.2) is 16.4 Å². The van der Waals surface area contributed by atoms with Crippen LogP contribution < -0.4 is 10.1 Å². The highest BCUT2D eigenvalue weighted by atomic mass is 16.5. The van der Waals surface area contributed by atoms with Gasteiger partial charge in [-0.1, -0.05) is 36.4 Å². The Bertz CT molecular complexity index is 824. The van der Waals surface area contributed by atoms with Crippen molar-refractivity contribution >= 4 is 10.8 Å². The molecule has 118 valence electrons. The molecule has 1 aliphatic rings. The number of hydrogen-bond acceptors (Lipinski definition) is 3. The first kappa shape index (κ1) is 14.3. The van der Waals surface area contributed by atoms with Crippen molar-refractivity contribution in [2.75, 3.05) is 6.61 Å². The number of ether oxygens (including phenoxy) is 1. The van der Waals surface area contributed by atoms with E-state index in [1.807, 2.05) is 17.9 Å². The Morgan fingerprint density at radius 3 is 3.04 bits per heavy atom. The monoisotopic (exact) mass is 307 g/mol. The Balaban J connectivity index is 1.65. The van der Waals surface area contributed by atoms with Crippen LogP contribution in [0.25, 0.3) is 10.8 Å². The quantitative estimate of drug-likeness (QED) is 0.804. The van der Waals surface area contributed by atoms with E-state index in [0.717, 1.165) is 31.7 Å². The summed E-state index contributed by atoms with van der Waals surface area (Å²) < 4.78 is 7.93. The minimum atomic E-state index is 0.317. The van der Waals surface area contributed by atoms with Crippen LogP contribution in [0.1, 0.15) is 30.0 Å². The van der Waals surface area contributed by atoms with Crippen molar-refractivity contribution in [2.24, 2.45) is 7.05 Å². The van der Waals surface area contributed by atoms with Crippen LogP contribution in [0.2, 0.25) is 0 Å². The zero-order valence-corrected chi connectivity index (χ0v) is 13.3. The minimum Gasteiger partial charge on any atom is -0.493 e. The predicted octanol–water partition coefficient (Wildman–Crippen LogP) is 3.58. The molecule has 2 aromatic carbocycles.